The van der Waals surface area contributed by atoms with Crippen molar-refractivity contribution in [2.45, 2.75) is 31.7 Å². The fourth-order valence-electron chi connectivity index (χ4n) is 3.37. The van der Waals surface area contributed by atoms with Crippen LogP contribution in [0.5, 0.6) is 5.75 Å². The van der Waals surface area contributed by atoms with E-state index in [1.165, 1.54) is 0 Å². The van der Waals surface area contributed by atoms with Crippen LogP contribution in [-0.4, -0.2) is 49.8 Å². The van der Waals surface area contributed by atoms with Gasteiger partial charge in [-0.15, -0.1) is 5.10 Å². The number of benzene rings is 1. The highest BCUT2D eigenvalue weighted by molar-refractivity contribution is 5.72. The fourth-order valence-corrected chi connectivity index (χ4v) is 3.37. The molecule has 3 aromatic rings. The van der Waals surface area contributed by atoms with E-state index in [-0.39, 0.29) is 6.61 Å². The van der Waals surface area contributed by atoms with E-state index in [9.17, 15) is 5.11 Å². The van der Waals surface area contributed by atoms with E-state index >= 15 is 0 Å². The number of aliphatic hydroxyl groups is 1. The summed E-state index contributed by atoms with van der Waals surface area (Å²) >= 11 is 0. The minimum atomic E-state index is 0.280. The quantitative estimate of drug-likeness (QED) is 0.724. The van der Waals surface area contributed by atoms with Crippen molar-refractivity contribution < 1.29 is 9.84 Å². The van der Waals surface area contributed by atoms with Crippen molar-refractivity contribution in [2.24, 2.45) is 5.92 Å². The van der Waals surface area contributed by atoms with Gasteiger partial charge in [-0.2, -0.15) is 9.67 Å². The number of hydrogen-bond acceptors (Lipinski definition) is 7. The molecule has 2 heterocycles. The Morgan fingerprint density at radius 1 is 1.19 bits per heavy atom. The van der Waals surface area contributed by atoms with Gasteiger partial charge in [-0.25, -0.2) is 4.98 Å². The monoisotopic (exact) mass is 354 g/mol. The van der Waals surface area contributed by atoms with E-state index < -0.39 is 0 Å². The third-order valence-electron chi connectivity index (χ3n) is 4.95. The van der Waals surface area contributed by atoms with Crippen LogP contribution in [0.25, 0.3) is 16.9 Å². The Morgan fingerprint density at radius 3 is 2.65 bits per heavy atom. The molecule has 0 spiro atoms. The van der Waals surface area contributed by atoms with Crippen molar-refractivity contribution in [1.29, 1.82) is 0 Å². The number of methoxy groups -OCH3 is 1. The molecular weight excluding hydrogens is 332 g/mol. The second kappa shape index (κ2) is 7.25. The van der Waals surface area contributed by atoms with Gasteiger partial charge >= 0.3 is 0 Å². The molecule has 1 fully saturated rings. The smallest absolute Gasteiger partial charge is 0.225 e. The molecule has 0 unspecified atom stereocenters. The van der Waals surface area contributed by atoms with Crippen molar-refractivity contribution in [3.8, 4) is 11.4 Å². The zero-order chi connectivity index (χ0) is 17.9. The fraction of sp³-hybridized carbons (Fsp3) is 0.444. The molecule has 0 saturated heterocycles. The first-order valence-corrected chi connectivity index (χ1v) is 8.87. The number of aliphatic hydroxyl groups excluding tert-OH is 1. The number of anilines is 1. The van der Waals surface area contributed by atoms with Gasteiger partial charge in [0, 0.05) is 12.6 Å². The summed E-state index contributed by atoms with van der Waals surface area (Å²) in [6.07, 6.45) is 5.78. The Balaban J connectivity index is 1.56. The highest BCUT2D eigenvalue weighted by Gasteiger charge is 2.21. The van der Waals surface area contributed by atoms with Gasteiger partial charge in [0.25, 0.3) is 0 Å². The lowest BCUT2D eigenvalue weighted by Crippen LogP contribution is -2.28. The SMILES string of the molecule is COc1ccc(-n2nnc3cnc(N[C@H]4CC[C@H](CO)CC4)nc32)cc1. The molecular formula is C18H22N6O2. The number of fused-ring (bicyclic) bond motifs is 1. The Bertz CT molecular complexity index is 871. The van der Waals surface area contributed by atoms with Crippen LogP contribution in [0.2, 0.25) is 0 Å². The molecule has 0 aliphatic heterocycles. The molecule has 0 amide bonds. The van der Waals surface area contributed by atoms with Gasteiger partial charge in [-0.1, -0.05) is 5.21 Å². The van der Waals surface area contributed by atoms with Crippen LogP contribution in [0.1, 0.15) is 25.7 Å². The van der Waals surface area contributed by atoms with Crippen molar-refractivity contribution in [3.63, 3.8) is 0 Å². The zero-order valence-electron chi connectivity index (χ0n) is 14.7. The molecule has 0 atom stereocenters. The number of nitrogens with zero attached hydrogens (tertiary/aromatic N) is 5. The number of ether oxygens (including phenoxy) is 1. The summed E-state index contributed by atoms with van der Waals surface area (Å²) in [6, 6.07) is 7.92. The van der Waals surface area contributed by atoms with Crippen LogP contribution in [0.3, 0.4) is 0 Å². The third kappa shape index (κ3) is 3.32. The molecule has 2 aromatic heterocycles. The summed E-state index contributed by atoms with van der Waals surface area (Å²) in [4.78, 5) is 8.99. The van der Waals surface area contributed by atoms with E-state index in [2.05, 4.69) is 25.6 Å². The van der Waals surface area contributed by atoms with Crippen molar-refractivity contribution in [3.05, 3.63) is 30.5 Å². The summed E-state index contributed by atoms with van der Waals surface area (Å²) in [5.74, 6) is 1.80. The maximum absolute atomic E-state index is 9.26. The van der Waals surface area contributed by atoms with E-state index in [1.54, 1.807) is 18.0 Å². The van der Waals surface area contributed by atoms with Crippen molar-refractivity contribution in [2.75, 3.05) is 19.0 Å². The molecule has 2 N–H and O–H groups in total. The topological polar surface area (TPSA) is 98.0 Å². The lowest BCUT2D eigenvalue weighted by molar-refractivity contribution is 0.185. The Labute approximate surface area is 151 Å². The normalized spacial score (nSPS) is 20.2. The first kappa shape index (κ1) is 16.7. The minimum Gasteiger partial charge on any atom is -0.497 e. The van der Waals surface area contributed by atoms with Crippen molar-refractivity contribution >= 4 is 17.1 Å². The molecule has 8 heteroatoms. The number of nitrogens with one attached hydrogen (secondary N) is 1. The second-order valence-corrected chi connectivity index (χ2v) is 6.65. The Kier molecular flexibility index (Phi) is 4.66. The number of hydrogen-bond donors (Lipinski definition) is 2. The molecule has 8 nitrogen and oxygen atoms in total. The molecule has 4 rings (SSSR count). The van der Waals surface area contributed by atoms with Gasteiger partial charge in [-0.3, -0.25) is 0 Å². The summed E-state index contributed by atoms with van der Waals surface area (Å²) < 4.78 is 6.90. The molecule has 1 saturated carbocycles. The van der Waals surface area contributed by atoms with Gasteiger partial charge in [0.15, 0.2) is 11.2 Å². The maximum atomic E-state index is 9.26. The van der Waals surface area contributed by atoms with Gasteiger partial charge in [-0.05, 0) is 55.9 Å². The van der Waals surface area contributed by atoms with Gasteiger partial charge < -0.3 is 15.2 Å². The molecule has 1 aliphatic rings. The summed E-state index contributed by atoms with van der Waals surface area (Å²) in [6.45, 7) is 0.280. The highest BCUT2D eigenvalue weighted by atomic mass is 16.5. The standard InChI is InChI=1S/C18H22N6O2/c1-26-15-8-6-14(7-9-15)24-17-16(22-23-24)10-19-18(21-17)20-13-4-2-12(11-25)3-5-13/h6-10,12-13,25H,2-5,11H2,1H3,(H,19,20,21)/t12-,13-. The van der Waals surface area contributed by atoms with E-state index in [1.807, 2.05) is 24.3 Å². The van der Waals surface area contributed by atoms with Crippen LogP contribution in [0.15, 0.2) is 30.5 Å². The van der Waals surface area contributed by atoms with Gasteiger partial charge in [0.1, 0.15) is 5.75 Å². The molecule has 1 aliphatic carbocycles. The number of rotatable bonds is 5. The van der Waals surface area contributed by atoms with E-state index in [4.69, 9.17) is 4.74 Å². The van der Waals surface area contributed by atoms with Crippen LogP contribution < -0.4 is 10.1 Å². The van der Waals surface area contributed by atoms with Crippen LogP contribution in [-0.2, 0) is 0 Å². The van der Waals surface area contributed by atoms with Crippen LogP contribution in [0, 0.1) is 5.92 Å². The summed E-state index contributed by atoms with van der Waals surface area (Å²) in [7, 11) is 1.64. The highest BCUT2D eigenvalue weighted by Crippen LogP contribution is 2.26. The first-order chi connectivity index (χ1) is 12.8. The molecule has 26 heavy (non-hydrogen) atoms. The van der Waals surface area contributed by atoms with Crippen molar-refractivity contribution in [1.82, 2.24) is 25.0 Å². The second-order valence-electron chi connectivity index (χ2n) is 6.65. The Hall–Kier alpha value is -2.74. The number of aromatic nitrogens is 5. The van der Waals surface area contributed by atoms with E-state index in [0.29, 0.717) is 29.1 Å². The predicted octanol–water partition coefficient (Wildman–Crippen LogP) is 2.18. The summed E-state index contributed by atoms with van der Waals surface area (Å²) in [5.41, 5.74) is 2.17. The maximum Gasteiger partial charge on any atom is 0.225 e. The molecule has 0 bridgehead atoms. The van der Waals surface area contributed by atoms with Gasteiger partial charge in [0.2, 0.25) is 5.95 Å². The molecule has 0 radical (unpaired) electrons. The molecule has 1 aromatic carbocycles. The van der Waals surface area contributed by atoms with Crippen LogP contribution >= 0.6 is 0 Å². The zero-order valence-corrected chi connectivity index (χ0v) is 14.7. The predicted molar refractivity (Wildman–Crippen MR) is 97.5 cm³/mol. The molecule has 136 valence electrons. The lowest BCUT2D eigenvalue weighted by atomic mass is 9.87. The lowest BCUT2D eigenvalue weighted by Gasteiger charge is -2.27. The van der Waals surface area contributed by atoms with Gasteiger partial charge in [0.05, 0.1) is 19.0 Å². The average Bonchev–Trinajstić information content (AvgIpc) is 3.12. The van der Waals surface area contributed by atoms with Crippen LogP contribution in [0.4, 0.5) is 5.95 Å². The first-order valence-electron chi connectivity index (χ1n) is 8.87. The minimum absolute atomic E-state index is 0.280. The Morgan fingerprint density at radius 2 is 1.96 bits per heavy atom. The average molecular weight is 354 g/mol. The summed E-state index contributed by atoms with van der Waals surface area (Å²) in [5, 5.41) is 21.0. The largest absolute Gasteiger partial charge is 0.497 e. The third-order valence-corrected chi connectivity index (χ3v) is 4.95. The van der Waals surface area contributed by atoms with E-state index in [0.717, 1.165) is 37.1 Å².